The molecule has 0 atom stereocenters. The van der Waals surface area contributed by atoms with Crippen LogP contribution in [0.15, 0.2) is 53.3 Å². The molecular formula is C21H19BFN3. The van der Waals surface area contributed by atoms with Gasteiger partial charge in [0, 0.05) is 34.7 Å². The number of hydrogen-bond donors (Lipinski definition) is 1. The molecule has 0 fully saturated rings. The third-order valence-electron chi connectivity index (χ3n) is 4.66. The lowest BCUT2D eigenvalue weighted by Gasteiger charge is -2.06. The number of benzene rings is 1. The van der Waals surface area contributed by atoms with Gasteiger partial charge in [-0.1, -0.05) is 12.9 Å². The SMILES string of the molecule is CBn1c(/C=C/c2c[nH]c3ccc(F)cc23)cc(C)c1/C=C1/C=CC=N1. The zero-order chi connectivity index (χ0) is 18.1. The number of aliphatic imine (C=N–C) groups is 1. The number of H-pyrrole nitrogens is 1. The Morgan fingerprint density at radius 3 is 2.88 bits per heavy atom. The van der Waals surface area contributed by atoms with E-state index in [1.54, 1.807) is 18.3 Å². The topological polar surface area (TPSA) is 33.1 Å². The van der Waals surface area contributed by atoms with E-state index >= 15 is 0 Å². The highest BCUT2D eigenvalue weighted by atomic mass is 19.1. The molecule has 0 saturated heterocycles. The molecule has 1 aliphatic heterocycles. The summed E-state index contributed by atoms with van der Waals surface area (Å²) in [7, 11) is 0.864. The van der Waals surface area contributed by atoms with Gasteiger partial charge < -0.3 is 9.46 Å². The predicted molar refractivity (Wildman–Crippen MR) is 110 cm³/mol. The van der Waals surface area contributed by atoms with Gasteiger partial charge in [0.2, 0.25) is 7.41 Å². The largest absolute Gasteiger partial charge is 0.390 e. The minimum absolute atomic E-state index is 0.224. The van der Waals surface area contributed by atoms with Crippen molar-refractivity contribution in [1.82, 2.24) is 9.46 Å². The van der Waals surface area contributed by atoms with Crippen molar-refractivity contribution < 1.29 is 4.39 Å². The standard InChI is InChI=1S/C21H19BFN3/c1-14-10-18(26(22-2)21(14)12-17-4-3-9-24-17)7-5-15-13-25-20-8-6-16(23)11-19(15)20/h3-13,22,25H,1-2H3/b7-5+,17-12-. The van der Waals surface area contributed by atoms with E-state index < -0.39 is 0 Å². The van der Waals surface area contributed by atoms with Gasteiger partial charge in [0.25, 0.3) is 0 Å². The lowest BCUT2D eigenvalue weighted by Crippen LogP contribution is -2.06. The number of allylic oxidation sites excluding steroid dienone is 2. The van der Waals surface area contributed by atoms with Crippen LogP contribution in [-0.4, -0.2) is 23.1 Å². The van der Waals surface area contributed by atoms with Gasteiger partial charge in [0.05, 0.1) is 5.70 Å². The first-order valence-electron chi connectivity index (χ1n) is 8.73. The van der Waals surface area contributed by atoms with E-state index in [1.807, 2.05) is 24.4 Å². The number of nitrogens with one attached hydrogen (secondary N) is 1. The van der Waals surface area contributed by atoms with Gasteiger partial charge in [-0.05, 0) is 66.6 Å². The first-order valence-corrected chi connectivity index (χ1v) is 8.73. The van der Waals surface area contributed by atoms with E-state index in [0.29, 0.717) is 0 Å². The van der Waals surface area contributed by atoms with E-state index in [9.17, 15) is 4.39 Å². The van der Waals surface area contributed by atoms with Crippen molar-refractivity contribution in [2.45, 2.75) is 13.7 Å². The summed E-state index contributed by atoms with van der Waals surface area (Å²) < 4.78 is 15.8. The van der Waals surface area contributed by atoms with Crippen LogP contribution < -0.4 is 0 Å². The van der Waals surface area contributed by atoms with Crippen LogP contribution in [0.5, 0.6) is 0 Å². The van der Waals surface area contributed by atoms with Gasteiger partial charge in [0.15, 0.2) is 0 Å². The Bertz CT molecular complexity index is 1080. The van der Waals surface area contributed by atoms with Crippen molar-refractivity contribution in [2.24, 2.45) is 4.99 Å². The Morgan fingerprint density at radius 2 is 2.12 bits per heavy atom. The van der Waals surface area contributed by atoms with Crippen molar-refractivity contribution in [2.75, 3.05) is 0 Å². The van der Waals surface area contributed by atoms with E-state index in [2.05, 4.69) is 46.4 Å². The molecule has 0 saturated carbocycles. The fourth-order valence-corrected chi connectivity index (χ4v) is 3.38. The molecule has 0 spiro atoms. The van der Waals surface area contributed by atoms with Crippen molar-refractivity contribution >= 4 is 42.8 Å². The maximum Gasteiger partial charge on any atom is 0.239 e. The summed E-state index contributed by atoms with van der Waals surface area (Å²) in [5.41, 5.74) is 6.36. The molecule has 1 aliphatic rings. The minimum Gasteiger partial charge on any atom is -0.390 e. The lowest BCUT2D eigenvalue weighted by molar-refractivity contribution is 0.629. The van der Waals surface area contributed by atoms with Gasteiger partial charge in [-0.2, -0.15) is 0 Å². The molecule has 4 rings (SSSR count). The molecule has 3 nitrogen and oxygen atoms in total. The van der Waals surface area contributed by atoms with Crippen LogP contribution >= 0.6 is 0 Å². The molecule has 0 radical (unpaired) electrons. The van der Waals surface area contributed by atoms with Crippen molar-refractivity contribution in [3.8, 4) is 0 Å². The third-order valence-corrected chi connectivity index (χ3v) is 4.66. The smallest absolute Gasteiger partial charge is 0.239 e. The zero-order valence-corrected chi connectivity index (χ0v) is 14.8. The van der Waals surface area contributed by atoms with Crippen LogP contribution in [0.25, 0.3) is 29.1 Å². The summed E-state index contributed by atoms with van der Waals surface area (Å²) in [4.78, 5) is 7.53. The van der Waals surface area contributed by atoms with Crippen molar-refractivity contribution in [3.05, 3.63) is 76.6 Å². The van der Waals surface area contributed by atoms with Crippen molar-refractivity contribution in [3.63, 3.8) is 0 Å². The maximum atomic E-state index is 13.6. The summed E-state index contributed by atoms with van der Waals surface area (Å²) in [6.45, 7) is 4.24. The van der Waals surface area contributed by atoms with Crippen LogP contribution in [-0.2, 0) is 0 Å². The lowest BCUT2D eigenvalue weighted by atomic mass is 9.97. The fourth-order valence-electron chi connectivity index (χ4n) is 3.38. The monoisotopic (exact) mass is 343 g/mol. The number of aromatic amines is 1. The van der Waals surface area contributed by atoms with Crippen LogP contribution in [0, 0.1) is 12.7 Å². The first kappa shape index (κ1) is 16.4. The normalized spacial score (nSPS) is 15.1. The summed E-state index contributed by atoms with van der Waals surface area (Å²) >= 11 is 0. The second kappa shape index (κ2) is 6.67. The number of aryl methyl sites for hydroxylation is 1. The van der Waals surface area contributed by atoms with Gasteiger partial charge in [-0.3, -0.25) is 4.99 Å². The molecule has 1 aromatic carbocycles. The molecule has 3 aromatic rings. The molecule has 26 heavy (non-hydrogen) atoms. The molecule has 0 unspecified atom stereocenters. The van der Waals surface area contributed by atoms with E-state index in [-0.39, 0.29) is 5.82 Å². The summed E-state index contributed by atoms with van der Waals surface area (Å²) in [5, 5.41) is 0.889. The summed E-state index contributed by atoms with van der Waals surface area (Å²) in [5.74, 6) is -0.224. The molecule has 0 aliphatic carbocycles. The average molecular weight is 343 g/mol. The van der Waals surface area contributed by atoms with Gasteiger partial charge in [0.1, 0.15) is 5.82 Å². The Labute approximate surface area is 152 Å². The van der Waals surface area contributed by atoms with Crippen LogP contribution in [0.4, 0.5) is 4.39 Å². The van der Waals surface area contributed by atoms with Crippen molar-refractivity contribution in [1.29, 1.82) is 0 Å². The number of nitrogens with zero attached hydrogens (tertiary/aromatic N) is 2. The molecule has 0 amide bonds. The predicted octanol–water partition coefficient (Wildman–Crippen LogP) is 4.82. The minimum atomic E-state index is -0.224. The third kappa shape index (κ3) is 2.97. The maximum absolute atomic E-state index is 13.6. The molecule has 3 heterocycles. The quantitative estimate of drug-likeness (QED) is 0.659. The molecule has 0 bridgehead atoms. The number of aromatic nitrogens is 2. The van der Waals surface area contributed by atoms with E-state index in [1.165, 1.54) is 11.6 Å². The molecule has 5 heteroatoms. The fraction of sp³-hybridized carbons (Fsp3) is 0.0952. The number of rotatable bonds is 4. The summed E-state index contributed by atoms with van der Waals surface area (Å²) in [6, 6.07) is 6.97. The Hall–Kier alpha value is -3.08. The number of halogens is 1. The van der Waals surface area contributed by atoms with Crippen LogP contribution in [0.2, 0.25) is 6.82 Å². The Kier molecular flexibility index (Phi) is 4.21. The molecule has 128 valence electrons. The highest BCUT2D eigenvalue weighted by Crippen LogP contribution is 2.24. The molecule has 2 aromatic heterocycles. The second-order valence-electron chi connectivity index (χ2n) is 6.36. The van der Waals surface area contributed by atoms with Gasteiger partial charge in [-0.15, -0.1) is 0 Å². The Morgan fingerprint density at radius 1 is 1.23 bits per heavy atom. The Balaban J connectivity index is 1.72. The van der Waals surface area contributed by atoms with Gasteiger partial charge >= 0.3 is 0 Å². The molecular weight excluding hydrogens is 324 g/mol. The number of hydrogen-bond acceptors (Lipinski definition) is 1. The second-order valence-corrected chi connectivity index (χ2v) is 6.36. The average Bonchev–Trinajstić information content (AvgIpc) is 3.34. The van der Waals surface area contributed by atoms with E-state index in [0.717, 1.165) is 41.0 Å². The van der Waals surface area contributed by atoms with Crippen LogP contribution in [0.3, 0.4) is 0 Å². The van der Waals surface area contributed by atoms with Crippen LogP contribution in [0.1, 0.15) is 22.5 Å². The first-order chi connectivity index (χ1) is 12.7. The highest BCUT2D eigenvalue weighted by Gasteiger charge is 2.09. The zero-order valence-electron chi connectivity index (χ0n) is 14.8. The highest BCUT2D eigenvalue weighted by molar-refractivity contribution is 6.32. The number of fused-ring (bicyclic) bond motifs is 1. The summed E-state index contributed by atoms with van der Waals surface area (Å²) in [6.07, 6.45) is 13.9. The van der Waals surface area contributed by atoms with Gasteiger partial charge in [-0.25, -0.2) is 4.39 Å². The van der Waals surface area contributed by atoms with E-state index in [4.69, 9.17) is 0 Å². The molecule has 1 N–H and O–H groups in total.